The fraction of sp³-hybridized carbons (Fsp3) is 0.368. The summed E-state index contributed by atoms with van der Waals surface area (Å²) in [6.07, 6.45) is 1.18. The number of hydrogen-bond donors (Lipinski definition) is 1. The Morgan fingerprint density at radius 3 is 2.41 bits per heavy atom. The van der Waals surface area contributed by atoms with Crippen LogP contribution in [0.2, 0.25) is 0 Å². The molecule has 1 aromatic carbocycles. The number of nitrogens with one attached hydrogen (secondary N) is 1. The monoisotopic (exact) mass is 390 g/mol. The lowest BCUT2D eigenvalue weighted by atomic mass is 10.1. The van der Waals surface area contributed by atoms with Crippen LogP contribution in [-0.4, -0.2) is 36.0 Å². The van der Waals surface area contributed by atoms with E-state index in [1.165, 1.54) is 11.3 Å². The molecule has 27 heavy (non-hydrogen) atoms. The lowest BCUT2D eigenvalue weighted by Gasteiger charge is -2.16. The van der Waals surface area contributed by atoms with Crippen LogP contribution in [0.4, 0.5) is 0 Å². The number of rotatable bonds is 9. The molecule has 1 heterocycles. The predicted molar refractivity (Wildman–Crippen MR) is 101 cm³/mol. The molecule has 1 aromatic heterocycles. The van der Waals surface area contributed by atoms with Crippen LogP contribution < -0.4 is 5.32 Å². The number of carbonyl (C=O) groups is 3. The largest absolute Gasteiger partial charge is 0.466 e. The smallest absolute Gasteiger partial charge is 0.315 e. The van der Waals surface area contributed by atoms with Gasteiger partial charge in [0.25, 0.3) is 0 Å². The van der Waals surface area contributed by atoms with Crippen molar-refractivity contribution in [3.05, 3.63) is 41.4 Å². The SMILES string of the molecule is CCOC(=O)CC(=O)NC(CC(=O)OCC)c1cnc(-c2ccccc2)s1. The van der Waals surface area contributed by atoms with Gasteiger partial charge in [0.15, 0.2) is 0 Å². The van der Waals surface area contributed by atoms with Crippen LogP contribution in [0.25, 0.3) is 10.6 Å². The topological polar surface area (TPSA) is 94.6 Å². The van der Waals surface area contributed by atoms with Gasteiger partial charge in [-0.15, -0.1) is 11.3 Å². The Hall–Kier alpha value is -2.74. The van der Waals surface area contributed by atoms with Gasteiger partial charge in [-0.3, -0.25) is 14.4 Å². The van der Waals surface area contributed by atoms with Gasteiger partial charge in [-0.2, -0.15) is 0 Å². The summed E-state index contributed by atoms with van der Waals surface area (Å²) in [5.74, 6) is -1.56. The van der Waals surface area contributed by atoms with Crippen molar-refractivity contribution in [1.82, 2.24) is 10.3 Å². The molecule has 0 bridgehead atoms. The summed E-state index contributed by atoms with van der Waals surface area (Å²) in [6, 6.07) is 8.98. The van der Waals surface area contributed by atoms with E-state index in [2.05, 4.69) is 10.3 Å². The van der Waals surface area contributed by atoms with Gasteiger partial charge < -0.3 is 14.8 Å². The molecule has 0 radical (unpaired) electrons. The van der Waals surface area contributed by atoms with E-state index in [9.17, 15) is 14.4 Å². The first-order valence-electron chi connectivity index (χ1n) is 8.65. The lowest BCUT2D eigenvalue weighted by Crippen LogP contribution is -2.32. The summed E-state index contributed by atoms with van der Waals surface area (Å²) in [6.45, 7) is 3.84. The Kier molecular flexibility index (Phi) is 7.94. The van der Waals surface area contributed by atoms with Gasteiger partial charge >= 0.3 is 11.9 Å². The first-order chi connectivity index (χ1) is 13.0. The molecule has 1 atom stereocenters. The average Bonchev–Trinajstić information content (AvgIpc) is 3.12. The van der Waals surface area contributed by atoms with E-state index in [1.807, 2.05) is 30.3 Å². The van der Waals surface area contributed by atoms with Crippen LogP contribution >= 0.6 is 11.3 Å². The van der Waals surface area contributed by atoms with Crippen molar-refractivity contribution in [1.29, 1.82) is 0 Å². The minimum absolute atomic E-state index is 0.0428. The molecule has 1 N–H and O–H groups in total. The van der Waals surface area contributed by atoms with Gasteiger partial charge in [0.05, 0.1) is 25.7 Å². The quantitative estimate of drug-likeness (QED) is 0.523. The normalized spacial score (nSPS) is 11.5. The molecule has 0 spiro atoms. The number of thiazole rings is 1. The lowest BCUT2D eigenvalue weighted by molar-refractivity contribution is -0.146. The third-order valence-electron chi connectivity index (χ3n) is 3.51. The molecule has 2 rings (SSSR count). The molecule has 144 valence electrons. The Morgan fingerprint density at radius 2 is 1.74 bits per heavy atom. The zero-order valence-electron chi connectivity index (χ0n) is 15.3. The highest BCUT2D eigenvalue weighted by Crippen LogP contribution is 2.30. The Labute approximate surface area is 161 Å². The third kappa shape index (κ3) is 6.49. The van der Waals surface area contributed by atoms with Gasteiger partial charge in [0.2, 0.25) is 5.91 Å². The van der Waals surface area contributed by atoms with Crippen LogP contribution in [-0.2, 0) is 23.9 Å². The molecule has 0 aliphatic rings. The van der Waals surface area contributed by atoms with Crippen molar-refractivity contribution in [2.75, 3.05) is 13.2 Å². The Bertz CT molecular complexity index is 775. The summed E-state index contributed by atoms with van der Waals surface area (Å²) in [5.41, 5.74) is 0.946. The minimum Gasteiger partial charge on any atom is -0.466 e. The van der Waals surface area contributed by atoms with Crippen molar-refractivity contribution in [3.8, 4) is 10.6 Å². The van der Waals surface area contributed by atoms with E-state index in [0.717, 1.165) is 10.6 Å². The van der Waals surface area contributed by atoms with Gasteiger partial charge in [0.1, 0.15) is 11.4 Å². The highest BCUT2D eigenvalue weighted by Gasteiger charge is 2.23. The second-order valence-electron chi connectivity index (χ2n) is 5.54. The van der Waals surface area contributed by atoms with E-state index >= 15 is 0 Å². The summed E-state index contributed by atoms with van der Waals surface area (Å²) >= 11 is 1.38. The molecular weight excluding hydrogens is 368 g/mol. The van der Waals surface area contributed by atoms with E-state index in [-0.39, 0.29) is 19.6 Å². The molecule has 2 aromatic rings. The van der Waals surface area contributed by atoms with Gasteiger partial charge in [-0.25, -0.2) is 4.98 Å². The maximum absolute atomic E-state index is 12.1. The van der Waals surface area contributed by atoms with E-state index < -0.39 is 30.3 Å². The zero-order valence-corrected chi connectivity index (χ0v) is 16.1. The molecule has 0 saturated heterocycles. The van der Waals surface area contributed by atoms with E-state index in [1.54, 1.807) is 20.0 Å². The number of hydrogen-bond acceptors (Lipinski definition) is 7. The van der Waals surface area contributed by atoms with E-state index in [0.29, 0.717) is 4.88 Å². The average molecular weight is 390 g/mol. The number of esters is 2. The summed E-state index contributed by atoms with van der Waals surface area (Å²) in [4.78, 5) is 40.7. The van der Waals surface area contributed by atoms with Crippen LogP contribution in [0.5, 0.6) is 0 Å². The second kappa shape index (κ2) is 10.4. The predicted octanol–water partition coefficient (Wildman–Crippen LogP) is 2.87. The van der Waals surface area contributed by atoms with Crippen LogP contribution in [0.3, 0.4) is 0 Å². The standard InChI is InChI=1S/C19H22N2O5S/c1-3-25-17(23)10-14(21-16(22)11-18(24)26-4-2)15-12-20-19(27-15)13-8-6-5-7-9-13/h5-9,12,14H,3-4,10-11H2,1-2H3,(H,21,22). The van der Waals surface area contributed by atoms with Crippen LogP contribution in [0, 0.1) is 0 Å². The molecule has 1 unspecified atom stereocenters. The highest BCUT2D eigenvalue weighted by atomic mass is 32.1. The molecule has 0 aliphatic carbocycles. The fourth-order valence-corrected chi connectivity index (χ4v) is 3.33. The molecule has 7 nitrogen and oxygen atoms in total. The molecule has 0 aliphatic heterocycles. The molecule has 0 fully saturated rings. The number of aromatic nitrogens is 1. The Morgan fingerprint density at radius 1 is 1.07 bits per heavy atom. The maximum Gasteiger partial charge on any atom is 0.315 e. The van der Waals surface area contributed by atoms with Crippen molar-refractivity contribution in [3.63, 3.8) is 0 Å². The molecule has 8 heteroatoms. The highest BCUT2D eigenvalue weighted by molar-refractivity contribution is 7.15. The zero-order chi connectivity index (χ0) is 19.6. The Balaban J connectivity index is 2.14. The number of carbonyl (C=O) groups excluding carboxylic acids is 3. The van der Waals surface area contributed by atoms with Crippen molar-refractivity contribution < 1.29 is 23.9 Å². The second-order valence-corrected chi connectivity index (χ2v) is 6.61. The van der Waals surface area contributed by atoms with Crippen LogP contribution in [0.15, 0.2) is 36.5 Å². The molecule has 0 saturated carbocycles. The third-order valence-corrected chi connectivity index (χ3v) is 4.67. The maximum atomic E-state index is 12.1. The summed E-state index contributed by atoms with van der Waals surface area (Å²) in [5, 5.41) is 3.48. The minimum atomic E-state index is -0.624. The number of nitrogens with zero attached hydrogens (tertiary/aromatic N) is 1. The van der Waals surface area contributed by atoms with Crippen LogP contribution in [0.1, 0.15) is 37.6 Å². The molecule has 1 amide bonds. The van der Waals surface area contributed by atoms with Crippen molar-refractivity contribution in [2.45, 2.75) is 32.7 Å². The van der Waals surface area contributed by atoms with Gasteiger partial charge in [-0.05, 0) is 13.8 Å². The number of amides is 1. The van der Waals surface area contributed by atoms with Crippen molar-refractivity contribution >= 4 is 29.2 Å². The van der Waals surface area contributed by atoms with E-state index in [4.69, 9.17) is 9.47 Å². The first kappa shape index (κ1) is 20.6. The number of benzene rings is 1. The fourth-order valence-electron chi connectivity index (χ4n) is 2.36. The first-order valence-corrected chi connectivity index (χ1v) is 9.46. The molecular formula is C19H22N2O5S. The van der Waals surface area contributed by atoms with Gasteiger partial charge in [0, 0.05) is 16.6 Å². The van der Waals surface area contributed by atoms with Crippen molar-refractivity contribution in [2.24, 2.45) is 0 Å². The summed E-state index contributed by atoms with van der Waals surface area (Å²) in [7, 11) is 0. The number of ether oxygens (including phenoxy) is 2. The van der Waals surface area contributed by atoms with Gasteiger partial charge in [-0.1, -0.05) is 30.3 Å². The summed E-state index contributed by atoms with van der Waals surface area (Å²) < 4.78 is 9.77.